The molecule has 8 nitrogen and oxygen atoms in total. The highest BCUT2D eigenvalue weighted by atomic mass is 19.4. The summed E-state index contributed by atoms with van der Waals surface area (Å²) in [6, 6.07) is 4.81. The van der Waals surface area contributed by atoms with Gasteiger partial charge in [-0.2, -0.15) is 26.3 Å². The van der Waals surface area contributed by atoms with E-state index in [-0.39, 0.29) is 29.2 Å². The minimum atomic E-state index is -5.08. The number of carboxylic acids is 1. The Morgan fingerprint density at radius 3 is 2.42 bits per heavy atom. The lowest BCUT2D eigenvalue weighted by Gasteiger charge is -2.10. The van der Waals surface area contributed by atoms with E-state index in [0.29, 0.717) is 25.3 Å². The Morgan fingerprint density at radius 1 is 1.27 bits per heavy atom. The topological polar surface area (TPSA) is 128 Å². The lowest BCUT2D eigenvalue weighted by atomic mass is 9.97. The number of nitrogens with one attached hydrogen (secondary N) is 1. The number of carboxylic acid groups (broad SMARTS) is 1. The van der Waals surface area contributed by atoms with Crippen LogP contribution >= 0.6 is 0 Å². The quantitative estimate of drug-likeness (QED) is 0.558. The summed E-state index contributed by atoms with van der Waals surface area (Å²) in [6.07, 6.45) is -8.91. The van der Waals surface area contributed by atoms with Gasteiger partial charge in [0.15, 0.2) is 5.76 Å². The van der Waals surface area contributed by atoms with Gasteiger partial charge in [-0.3, -0.25) is 4.79 Å². The number of oxazole rings is 1. The van der Waals surface area contributed by atoms with Gasteiger partial charge in [0.2, 0.25) is 0 Å². The number of primary amides is 1. The maximum absolute atomic E-state index is 13.0. The van der Waals surface area contributed by atoms with Crippen LogP contribution in [0.4, 0.5) is 26.3 Å². The fourth-order valence-electron chi connectivity index (χ4n) is 3.11. The Balaban J connectivity index is 0.000000479. The number of carbonyl (C=O) groups is 2. The smallest absolute Gasteiger partial charge is 0.475 e. The summed E-state index contributed by atoms with van der Waals surface area (Å²) < 4.78 is 81.3. The highest BCUT2D eigenvalue weighted by molar-refractivity contribution is 5.88. The fraction of sp³-hybridized carbons (Fsp3) is 0.421. The molecule has 4 N–H and O–H groups in total. The summed E-state index contributed by atoms with van der Waals surface area (Å²) in [6.45, 7) is 1.04. The van der Waals surface area contributed by atoms with Crippen LogP contribution in [0.5, 0.6) is 0 Å². The molecule has 0 saturated carbocycles. The van der Waals surface area contributed by atoms with Crippen molar-refractivity contribution in [2.75, 3.05) is 20.3 Å². The van der Waals surface area contributed by atoms with Gasteiger partial charge in [0.25, 0.3) is 5.89 Å². The van der Waals surface area contributed by atoms with Crippen molar-refractivity contribution in [2.45, 2.75) is 30.7 Å². The number of hydrogen-bond acceptors (Lipinski definition) is 6. The van der Waals surface area contributed by atoms with Crippen LogP contribution in [0.25, 0.3) is 11.3 Å². The molecule has 0 bridgehead atoms. The van der Waals surface area contributed by atoms with Crippen LogP contribution in [0.1, 0.15) is 34.3 Å². The SMILES string of the molecule is COC[C@@H]1C[C@@H](c2nc(C(N)=O)oc2-c2cccc(C(F)(F)F)c2)CN1.O=C(O)C(F)(F)F. The molecule has 0 spiro atoms. The zero-order chi connectivity index (χ0) is 25.0. The standard InChI is InChI=1S/C17H18F3N3O3.C2HF3O2/c1-25-8-12-6-10(7-22-12)13-14(26-16(23-13)15(21)24)9-3-2-4-11(5-9)17(18,19)20;3-2(4,5)1(6)7/h2-5,10,12,22H,6-8H2,1H3,(H2,21,24);(H,6,7)/t10-,12+;/m1./s1. The fourth-order valence-corrected chi connectivity index (χ4v) is 3.11. The molecule has 1 saturated heterocycles. The van der Waals surface area contributed by atoms with E-state index in [9.17, 15) is 31.1 Å². The number of hydrogen-bond donors (Lipinski definition) is 3. The number of rotatable bonds is 5. The molecule has 3 rings (SSSR count). The van der Waals surface area contributed by atoms with E-state index in [4.69, 9.17) is 24.8 Å². The first-order chi connectivity index (χ1) is 15.2. The highest BCUT2D eigenvalue weighted by Crippen LogP contribution is 2.37. The maximum atomic E-state index is 13.0. The predicted octanol–water partition coefficient (Wildman–Crippen LogP) is 3.18. The maximum Gasteiger partial charge on any atom is 0.490 e. The number of carbonyl (C=O) groups excluding carboxylic acids is 1. The van der Waals surface area contributed by atoms with Gasteiger partial charge < -0.3 is 25.3 Å². The van der Waals surface area contributed by atoms with Crippen molar-refractivity contribution < 1.29 is 50.2 Å². The van der Waals surface area contributed by atoms with Crippen LogP contribution < -0.4 is 11.1 Å². The molecule has 1 fully saturated rings. The van der Waals surface area contributed by atoms with Crippen molar-refractivity contribution in [1.29, 1.82) is 0 Å². The number of benzene rings is 1. The van der Waals surface area contributed by atoms with Gasteiger partial charge in [0, 0.05) is 31.2 Å². The normalized spacial score (nSPS) is 18.5. The molecule has 1 aliphatic rings. The van der Waals surface area contributed by atoms with E-state index in [1.54, 1.807) is 7.11 Å². The van der Waals surface area contributed by atoms with E-state index < -0.39 is 29.8 Å². The molecule has 14 heteroatoms. The van der Waals surface area contributed by atoms with Crippen LogP contribution in [0.15, 0.2) is 28.7 Å². The number of aromatic nitrogens is 1. The molecule has 0 radical (unpaired) electrons. The third kappa shape index (κ3) is 6.92. The molecule has 33 heavy (non-hydrogen) atoms. The monoisotopic (exact) mass is 483 g/mol. The van der Waals surface area contributed by atoms with Gasteiger partial charge in [-0.05, 0) is 18.6 Å². The molecule has 0 aliphatic carbocycles. The Bertz CT molecular complexity index is 989. The van der Waals surface area contributed by atoms with Gasteiger partial charge in [0.1, 0.15) is 0 Å². The third-order valence-electron chi connectivity index (χ3n) is 4.54. The van der Waals surface area contributed by atoms with E-state index in [2.05, 4.69) is 10.3 Å². The van der Waals surface area contributed by atoms with Crippen LogP contribution in [0.2, 0.25) is 0 Å². The second-order valence-corrected chi connectivity index (χ2v) is 6.97. The Hall–Kier alpha value is -3.13. The first-order valence-corrected chi connectivity index (χ1v) is 9.24. The van der Waals surface area contributed by atoms with Crippen molar-refractivity contribution >= 4 is 11.9 Å². The Morgan fingerprint density at radius 2 is 1.91 bits per heavy atom. The molecule has 1 aromatic carbocycles. The van der Waals surface area contributed by atoms with Crippen molar-refractivity contribution in [3.8, 4) is 11.3 Å². The minimum absolute atomic E-state index is 0.0908. The number of nitrogens with zero attached hydrogens (tertiary/aromatic N) is 1. The number of alkyl halides is 6. The van der Waals surface area contributed by atoms with Gasteiger partial charge >= 0.3 is 24.2 Å². The molecule has 2 aromatic rings. The molecule has 2 atom stereocenters. The van der Waals surface area contributed by atoms with Crippen molar-refractivity contribution in [3.05, 3.63) is 41.4 Å². The van der Waals surface area contributed by atoms with Crippen LogP contribution in [-0.2, 0) is 15.7 Å². The van der Waals surface area contributed by atoms with Crippen LogP contribution in [-0.4, -0.2) is 54.4 Å². The minimum Gasteiger partial charge on any atom is -0.475 e. The second-order valence-electron chi connectivity index (χ2n) is 6.97. The number of ether oxygens (including phenoxy) is 1. The zero-order valence-corrected chi connectivity index (χ0v) is 17.0. The summed E-state index contributed by atoms with van der Waals surface area (Å²) in [4.78, 5) is 24.5. The van der Waals surface area contributed by atoms with Crippen molar-refractivity contribution in [1.82, 2.24) is 10.3 Å². The third-order valence-corrected chi connectivity index (χ3v) is 4.54. The summed E-state index contributed by atoms with van der Waals surface area (Å²) >= 11 is 0. The number of amides is 1. The van der Waals surface area contributed by atoms with Gasteiger partial charge in [-0.25, -0.2) is 9.78 Å². The summed E-state index contributed by atoms with van der Waals surface area (Å²) in [5.41, 5.74) is 5.05. The Labute approximate surface area is 182 Å². The predicted molar refractivity (Wildman–Crippen MR) is 100 cm³/mol. The van der Waals surface area contributed by atoms with Gasteiger partial charge in [-0.1, -0.05) is 12.1 Å². The van der Waals surface area contributed by atoms with E-state index in [1.165, 1.54) is 12.1 Å². The summed E-state index contributed by atoms with van der Waals surface area (Å²) in [5.74, 6) is -3.94. The van der Waals surface area contributed by atoms with Crippen LogP contribution in [0.3, 0.4) is 0 Å². The Kier molecular flexibility index (Phi) is 8.08. The number of methoxy groups -OCH3 is 1. The van der Waals surface area contributed by atoms with Crippen molar-refractivity contribution in [2.24, 2.45) is 5.73 Å². The first kappa shape index (κ1) is 26.1. The molecule has 1 aliphatic heterocycles. The van der Waals surface area contributed by atoms with E-state index in [0.717, 1.165) is 12.1 Å². The molecule has 0 unspecified atom stereocenters. The number of nitrogens with two attached hydrogens (primary N) is 1. The average Bonchev–Trinajstić information content (AvgIpc) is 3.34. The van der Waals surface area contributed by atoms with Gasteiger partial charge in [-0.15, -0.1) is 0 Å². The lowest BCUT2D eigenvalue weighted by Crippen LogP contribution is -2.25. The van der Waals surface area contributed by atoms with Crippen molar-refractivity contribution in [3.63, 3.8) is 0 Å². The molecular formula is C19H19F6N3O5. The first-order valence-electron chi connectivity index (χ1n) is 9.24. The lowest BCUT2D eigenvalue weighted by molar-refractivity contribution is -0.192. The van der Waals surface area contributed by atoms with E-state index >= 15 is 0 Å². The molecule has 1 amide bonds. The number of aliphatic carboxylic acids is 1. The second kappa shape index (κ2) is 10.2. The molecule has 1 aromatic heterocycles. The summed E-state index contributed by atoms with van der Waals surface area (Å²) in [5, 5.41) is 10.4. The molecule has 182 valence electrons. The average molecular weight is 483 g/mol. The summed E-state index contributed by atoms with van der Waals surface area (Å²) in [7, 11) is 1.59. The zero-order valence-electron chi connectivity index (χ0n) is 17.0. The highest BCUT2D eigenvalue weighted by Gasteiger charge is 2.38. The number of halogens is 6. The molecule has 2 heterocycles. The van der Waals surface area contributed by atoms with E-state index in [1.807, 2.05) is 0 Å². The van der Waals surface area contributed by atoms with Crippen LogP contribution in [0, 0.1) is 0 Å². The largest absolute Gasteiger partial charge is 0.490 e. The van der Waals surface area contributed by atoms with Gasteiger partial charge in [0.05, 0.1) is 17.9 Å². The molecular weight excluding hydrogens is 464 g/mol.